The smallest absolute Gasteiger partial charge is 0.221 e. The number of anilines is 2. The van der Waals surface area contributed by atoms with Gasteiger partial charge in [0.2, 0.25) is 11.7 Å². The highest BCUT2D eigenvalue weighted by atomic mass is 16.5. The Kier molecular flexibility index (Phi) is 5.85. The molecule has 0 radical (unpaired) electrons. The van der Waals surface area contributed by atoms with Crippen molar-refractivity contribution in [3.8, 4) is 17.2 Å². The van der Waals surface area contributed by atoms with Gasteiger partial charge in [-0.25, -0.2) is 4.98 Å². The lowest BCUT2D eigenvalue weighted by Gasteiger charge is -2.23. The molecule has 0 saturated carbocycles. The highest BCUT2D eigenvalue weighted by molar-refractivity contribution is 5.55. The highest BCUT2D eigenvalue weighted by Crippen LogP contribution is 2.40. The average Bonchev–Trinajstić information content (AvgIpc) is 3.19. The van der Waals surface area contributed by atoms with Crippen LogP contribution in [0.3, 0.4) is 0 Å². The van der Waals surface area contributed by atoms with Crippen LogP contribution in [0.1, 0.15) is 24.5 Å². The normalized spacial score (nSPS) is 17.5. The van der Waals surface area contributed by atoms with Crippen LogP contribution in [0.25, 0.3) is 0 Å². The van der Waals surface area contributed by atoms with Crippen LogP contribution in [-0.4, -0.2) is 43.4 Å². The third-order valence-electron chi connectivity index (χ3n) is 4.90. The number of benzene rings is 1. The maximum absolute atomic E-state index is 6.23. The van der Waals surface area contributed by atoms with Crippen molar-refractivity contribution in [3.05, 3.63) is 29.5 Å². The first-order valence-electron chi connectivity index (χ1n) is 9.01. The van der Waals surface area contributed by atoms with Gasteiger partial charge in [0.05, 0.1) is 14.2 Å². The molecule has 5 N–H and O–H groups in total. The molecular formula is C19H27N5O3. The van der Waals surface area contributed by atoms with Gasteiger partial charge in [-0.05, 0) is 37.6 Å². The lowest BCUT2D eigenvalue weighted by atomic mass is 10.0. The van der Waals surface area contributed by atoms with Gasteiger partial charge in [-0.1, -0.05) is 0 Å². The summed E-state index contributed by atoms with van der Waals surface area (Å²) in [5.41, 5.74) is 13.3. The van der Waals surface area contributed by atoms with Crippen molar-refractivity contribution >= 4 is 11.8 Å². The topological polar surface area (TPSA) is 118 Å². The monoisotopic (exact) mass is 373 g/mol. The number of nitrogens with one attached hydrogen (secondary N) is 1. The zero-order valence-corrected chi connectivity index (χ0v) is 16.0. The minimum atomic E-state index is 0.0507. The number of nitrogen functional groups attached to an aromatic ring is 2. The Morgan fingerprint density at radius 3 is 2.48 bits per heavy atom. The van der Waals surface area contributed by atoms with Crippen LogP contribution >= 0.6 is 0 Å². The van der Waals surface area contributed by atoms with Crippen LogP contribution in [0.15, 0.2) is 18.3 Å². The van der Waals surface area contributed by atoms with Gasteiger partial charge < -0.3 is 31.0 Å². The van der Waals surface area contributed by atoms with E-state index in [1.165, 1.54) is 0 Å². The van der Waals surface area contributed by atoms with Gasteiger partial charge in [-0.2, -0.15) is 4.98 Å². The Bertz CT molecular complexity index is 768. The van der Waals surface area contributed by atoms with Crippen molar-refractivity contribution in [1.29, 1.82) is 0 Å². The Labute approximate surface area is 159 Å². The van der Waals surface area contributed by atoms with Gasteiger partial charge in [0.25, 0.3) is 0 Å². The van der Waals surface area contributed by atoms with E-state index in [-0.39, 0.29) is 12.1 Å². The van der Waals surface area contributed by atoms with Gasteiger partial charge in [0.1, 0.15) is 11.9 Å². The van der Waals surface area contributed by atoms with Crippen molar-refractivity contribution in [2.75, 3.05) is 38.8 Å². The Balaban J connectivity index is 1.87. The fourth-order valence-electron chi connectivity index (χ4n) is 3.30. The van der Waals surface area contributed by atoms with Crippen molar-refractivity contribution in [3.63, 3.8) is 0 Å². The molecule has 1 aromatic carbocycles. The van der Waals surface area contributed by atoms with Crippen molar-refractivity contribution < 1.29 is 14.2 Å². The largest absolute Gasteiger partial charge is 0.493 e. The third-order valence-corrected chi connectivity index (χ3v) is 4.90. The minimum absolute atomic E-state index is 0.0507. The van der Waals surface area contributed by atoms with Crippen molar-refractivity contribution in [1.82, 2.24) is 15.3 Å². The first-order chi connectivity index (χ1) is 13.0. The molecule has 2 unspecified atom stereocenters. The second-order valence-corrected chi connectivity index (χ2v) is 6.72. The Morgan fingerprint density at radius 2 is 1.93 bits per heavy atom. The van der Waals surface area contributed by atoms with E-state index in [1.807, 2.05) is 12.1 Å². The molecule has 2 atom stereocenters. The SMILES string of the molecule is COc1cc(Cc2cnc(N)nc2N)cc(OC)c1OC(C)C1CCNC1. The first kappa shape index (κ1) is 19.0. The quantitative estimate of drug-likeness (QED) is 0.670. The highest BCUT2D eigenvalue weighted by Gasteiger charge is 2.25. The lowest BCUT2D eigenvalue weighted by molar-refractivity contribution is 0.149. The number of aromatic nitrogens is 2. The minimum Gasteiger partial charge on any atom is -0.493 e. The standard InChI is InChI=1S/C19H27N5O3/c1-11(13-4-5-22-9-13)27-17-15(25-2)7-12(8-16(17)26-3)6-14-10-23-19(21)24-18(14)20/h7-8,10-11,13,22H,4-6,9H2,1-3H3,(H4,20,21,23,24). The zero-order chi connectivity index (χ0) is 19.4. The maximum atomic E-state index is 6.23. The van der Waals surface area contributed by atoms with Crippen LogP contribution in [0, 0.1) is 5.92 Å². The van der Waals surface area contributed by atoms with Crippen LogP contribution < -0.4 is 31.0 Å². The molecule has 1 aliphatic rings. The number of hydrogen-bond donors (Lipinski definition) is 3. The molecule has 1 aliphatic heterocycles. The van der Waals surface area contributed by atoms with Gasteiger partial charge in [0, 0.05) is 30.6 Å². The second-order valence-electron chi connectivity index (χ2n) is 6.72. The zero-order valence-electron chi connectivity index (χ0n) is 16.0. The molecule has 27 heavy (non-hydrogen) atoms. The van der Waals surface area contributed by atoms with Gasteiger partial charge in [0.15, 0.2) is 11.5 Å². The summed E-state index contributed by atoms with van der Waals surface area (Å²) in [5, 5.41) is 3.37. The average molecular weight is 373 g/mol. The van der Waals surface area contributed by atoms with Crippen LogP contribution in [0.4, 0.5) is 11.8 Å². The summed E-state index contributed by atoms with van der Waals surface area (Å²) in [6, 6.07) is 3.85. The van der Waals surface area contributed by atoms with E-state index in [4.69, 9.17) is 25.7 Å². The summed E-state index contributed by atoms with van der Waals surface area (Å²) < 4.78 is 17.4. The van der Waals surface area contributed by atoms with E-state index < -0.39 is 0 Å². The summed E-state index contributed by atoms with van der Waals surface area (Å²) in [5.74, 6) is 2.85. The van der Waals surface area contributed by atoms with E-state index in [0.29, 0.717) is 35.4 Å². The van der Waals surface area contributed by atoms with E-state index in [9.17, 15) is 0 Å². The molecule has 0 amide bonds. The molecule has 8 nitrogen and oxygen atoms in total. The van der Waals surface area contributed by atoms with E-state index in [1.54, 1.807) is 20.4 Å². The summed E-state index contributed by atoms with van der Waals surface area (Å²) >= 11 is 0. The summed E-state index contributed by atoms with van der Waals surface area (Å²) in [6.07, 6.45) is 3.31. The number of nitrogens with two attached hydrogens (primary N) is 2. The molecule has 0 bridgehead atoms. The van der Waals surface area contributed by atoms with Crippen LogP contribution in [0.2, 0.25) is 0 Å². The molecular weight excluding hydrogens is 346 g/mol. The molecule has 2 heterocycles. The molecule has 146 valence electrons. The Hall–Kier alpha value is -2.74. The van der Waals surface area contributed by atoms with Gasteiger partial charge in [-0.3, -0.25) is 0 Å². The predicted molar refractivity (Wildman–Crippen MR) is 104 cm³/mol. The molecule has 0 aliphatic carbocycles. The van der Waals surface area contributed by atoms with Crippen LogP contribution in [-0.2, 0) is 6.42 Å². The molecule has 1 aromatic heterocycles. The third kappa shape index (κ3) is 4.33. The molecule has 8 heteroatoms. The number of ether oxygens (including phenoxy) is 3. The summed E-state index contributed by atoms with van der Waals surface area (Å²) in [7, 11) is 3.24. The summed E-state index contributed by atoms with van der Waals surface area (Å²) in [6.45, 7) is 4.06. The van der Waals surface area contributed by atoms with Gasteiger partial charge >= 0.3 is 0 Å². The van der Waals surface area contributed by atoms with Gasteiger partial charge in [-0.15, -0.1) is 0 Å². The van der Waals surface area contributed by atoms with E-state index in [2.05, 4.69) is 22.2 Å². The fraction of sp³-hybridized carbons (Fsp3) is 0.474. The lowest BCUT2D eigenvalue weighted by Crippen LogP contribution is -2.26. The van der Waals surface area contributed by atoms with Crippen LogP contribution in [0.5, 0.6) is 17.2 Å². The van der Waals surface area contributed by atoms with E-state index >= 15 is 0 Å². The number of nitrogens with zero attached hydrogens (tertiary/aromatic N) is 2. The fourth-order valence-corrected chi connectivity index (χ4v) is 3.30. The van der Waals surface area contributed by atoms with Crippen molar-refractivity contribution in [2.24, 2.45) is 5.92 Å². The molecule has 2 aromatic rings. The second kappa shape index (κ2) is 8.30. The molecule has 1 fully saturated rings. The Morgan fingerprint density at radius 1 is 1.22 bits per heavy atom. The molecule has 3 rings (SSSR count). The van der Waals surface area contributed by atoms with E-state index in [0.717, 1.165) is 30.6 Å². The molecule has 1 saturated heterocycles. The molecule has 0 spiro atoms. The maximum Gasteiger partial charge on any atom is 0.221 e. The summed E-state index contributed by atoms with van der Waals surface area (Å²) in [4.78, 5) is 8.02. The van der Waals surface area contributed by atoms with Crippen molar-refractivity contribution in [2.45, 2.75) is 25.9 Å². The number of rotatable bonds is 7. The predicted octanol–water partition coefficient (Wildman–Crippen LogP) is 1.63. The first-order valence-corrected chi connectivity index (χ1v) is 9.01. The number of methoxy groups -OCH3 is 2. The number of hydrogen-bond acceptors (Lipinski definition) is 8.